The van der Waals surface area contributed by atoms with Crippen LogP contribution in [0.4, 0.5) is 0 Å². The lowest BCUT2D eigenvalue weighted by atomic mass is 10.0. The molecule has 100 valence electrons. The van der Waals surface area contributed by atoms with E-state index in [-0.39, 0.29) is 0 Å². The molecule has 3 rings (SSSR count). The molecular formula is C15H19N3O. The van der Waals surface area contributed by atoms with Gasteiger partial charge in [0.1, 0.15) is 12.0 Å². The Morgan fingerprint density at radius 3 is 3.05 bits per heavy atom. The minimum atomic E-state index is 0.588. The number of rotatable bonds is 3. The molecule has 1 aromatic rings. The van der Waals surface area contributed by atoms with Crippen LogP contribution in [0.15, 0.2) is 12.4 Å². The number of aromatic nitrogens is 2. The fourth-order valence-electron chi connectivity index (χ4n) is 2.16. The van der Waals surface area contributed by atoms with Crippen molar-refractivity contribution >= 4 is 0 Å². The Hall–Kier alpha value is -1.60. The summed E-state index contributed by atoms with van der Waals surface area (Å²) in [7, 11) is 0. The van der Waals surface area contributed by atoms with Crippen molar-refractivity contribution in [2.45, 2.75) is 25.7 Å². The maximum absolute atomic E-state index is 5.75. The molecule has 1 aromatic heterocycles. The molecule has 2 fully saturated rings. The first-order chi connectivity index (χ1) is 9.40. The van der Waals surface area contributed by atoms with Gasteiger partial charge in [0.25, 0.3) is 0 Å². The Kier molecular flexibility index (Phi) is 3.95. The molecule has 19 heavy (non-hydrogen) atoms. The van der Waals surface area contributed by atoms with Crippen molar-refractivity contribution in [3.05, 3.63) is 18.1 Å². The minimum Gasteiger partial charge on any atom is -0.477 e. The van der Waals surface area contributed by atoms with E-state index in [1.165, 1.54) is 32.0 Å². The molecule has 0 aromatic carbocycles. The number of hydrogen-bond donors (Lipinski definition) is 1. The molecule has 0 radical (unpaired) electrons. The zero-order valence-electron chi connectivity index (χ0n) is 11.1. The van der Waals surface area contributed by atoms with Crippen molar-refractivity contribution in [2.75, 3.05) is 19.7 Å². The van der Waals surface area contributed by atoms with Gasteiger partial charge in [0.15, 0.2) is 0 Å². The summed E-state index contributed by atoms with van der Waals surface area (Å²) in [4.78, 5) is 8.30. The molecular weight excluding hydrogens is 238 g/mol. The van der Waals surface area contributed by atoms with Crippen molar-refractivity contribution in [3.8, 4) is 17.7 Å². The Balaban J connectivity index is 1.55. The van der Waals surface area contributed by atoms with Crippen LogP contribution in [-0.4, -0.2) is 29.7 Å². The number of ether oxygens (including phenoxy) is 1. The van der Waals surface area contributed by atoms with Crippen LogP contribution in [0.1, 0.15) is 31.4 Å². The number of nitrogens with one attached hydrogen (secondary N) is 1. The van der Waals surface area contributed by atoms with E-state index in [9.17, 15) is 0 Å². The van der Waals surface area contributed by atoms with Crippen LogP contribution in [-0.2, 0) is 0 Å². The summed E-state index contributed by atoms with van der Waals surface area (Å²) in [5, 5.41) is 3.39. The summed E-state index contributed by atoms with van der Waals surface area (Å²) in [5.41, 5.74) is 0.763. The molecule has 0 spiro atoms. The van der Waals surface area contributed by atoms with Gasteiger partial charge in [-0.2, -0.15) is 0 Å². The van der Waals surface area contributed by atoms with Gasteiger partial charge in [-0.05, 0) is 38.1 Å². The topological polar surface area (TPSA) is 47.0 Å². The van der Waals surface area contributed by atoms with Crippen LogP contribution >= 0.6 is 0 Å². The first-order valence-corrected chi connectivity index (χ1v) is 7.07. The van der Waals surface area contributed by atoms with Gasteiger partial charge in [-0.3, -0.25) is 0 Å². The monoisotopic (exact) mass is 257 g/mol. The highest BCUT2D eigenvalue weighted by Crippen LogP contribution is 2.27. The van der Waals surface area contributed by atoms with Gasteiger partial charge in [-0.1, -0.05) is 5.92 Å². The third kappa shape index (κ3) is 3.93. The number of hydrogen-bond acceptors (Lipinski definition) is 4. The SMILES string of the molecule is C(#CC1CC1)c1cc(OCC2CCCNC2)ncn1. The zero-order valence-corrected chi connectivity index (χ0v) is 11.1. The Morgan fingerprint density at radius 2 is 2.26 bits per heavy atom. The standard InChI is InChI=1S/C15H19N3O/c1-2-13(9-16-7-1)10-19-15-8-14(17-11-18-15)6-5-12-3-4-12/h8,11-13,16H,1-4,7,9-10H2. The molecule has 1 N–H and O–H groups in total. The van der Waals surface area contributed by atoms with E-state index in [0.717, 1.165) is 25.4 Å². The quantitative estimate of drug-likeness (QED) is 0.836. The molecule has 1 atom stereocenters. The van der Waals surface area contributed by atoms with E-state index in [1.54, 1.807) is 0 Å². The Labute approximate surface area is 114 Å². The molecule has 1 aliphatic carbocycles. The first-order valence-electron chi connectivity index (χ1n) is 7.07. The highest BCUT2D eigenvalue weighted by Gasteiger charge is 2.18. The Morgan fingerprint density at radius 1 is 1.32 bits per heavy atom. The van der Waals surface area contributed by atoms with Crippen LogP contribution in [0.25, 0.3) is 0 Å². The summed E-state index contributed by atoms with van der Waals surface area (Å²) in [6, 6.07) is 1.84. The lowest BCUT2D eigenvalue weighted by Gasteiger charge is -2.22. The molecule has 0 amide bonds. The van der Waals surface area contributed by atoms with E-state index in [4.69, 9.17) is 4.74 Å². The van der Waals surface area contributed by atoms with Crippen molar-refractivity contribution in [3.63, 3.8) is 0 Å². The maximum atomic E-state index is 5.75. The zero-order chi connectivity index (χ0) is 12.9. The van der Waals surface area contributed by atoms with E-state index in [2.05, 4.69) is 27.1 Å². The third-order valence-corrected chi connectivity index (χ3v) is 3.49. The fraction of sp³-hybridized carbons (Fsp3) is 0.600. The molecule has 2 heterocycles. The minimum absolute atomic E-state index is 0.588. The van der Waals surface area contributed by atoms with E-state index < -0.39 is 0 Å². The number of nitrogens with zero attached hydrogens (tertiary/aromatic N) is 2. The van der Waals surface area contributed by atoms with Gasteiger partial charge < -0.3 is 10.1 Å². The van der Waals surface area contributed by atoms with Crippen molar-refractivity contribution < 1.29 is 4.74 Å². The third-order valence-electron chi connectivity index (χ3n) is 3.49. The fourth-order valence-corrected chi connectivity index (χ4v) is 2.16. The van der Waals surface area contributed by atoms with Gasteiger partial charge >= 0.3 is 0 Å². The normalized spacial score (nSPS) is 22.4. The van der Waals surface area contributed by atoms with Crippen molar-refractivity contribution in [1.29, 1.82) is 0 Å². The molecule has 1 saturated heterocycles. The first kappa shape index (κ1) is 12.4. The summed E-state index contributed by atoms with van der Waals surface area (Å²) in [5.74, 6) is 8.11. The van der Waals surface area contributed by atoms with Gasteiger partial charge in [0.2, 0.25) is 5.88 Å². The summed E-state index contributed by atoms with van der Waals surface area (Å²) < 4.78 is 5.75. The van der Waals surface area contributed by atoms with Crippen LogP contribution in [0.5, 0.6) is 5.88 Å². The van der Waals surface area contributed by atoms with Crippen molar-refractivity contribution in [2.24, 2.45) is 11.8 Å². The Bertz CT molecular complexity index is 482. The molecule has 4 nitrogen and oxygen atoms in total. The largest absolute Gasteiger partial charge is 0.477 e. The highest BCUT2D eigenvalue weighted by atomic mass is 16.5. The van der Waals surface area contributed by atoms with E-state index >= 15 is 0 Å². The number of piperidine rings is 1. The second-order valence-electron chi connectivity index (χ2n) is 5.31. The summed E-state index contributed by atoms with van der Waals surface area (Å²) in [6.45, 7) is 2.89. The average Bonchev–Trinajstić information content (AvgIpc) is 3.29. The molecule has 1 saturated carbocycles. The lowest BCUT2D eigenvalue weighted by molar-refractivity contribution is 0.212. The van der Waals surface area contributed by atoms with Crippen LogP contribution in [0.2, 0.25) is 0 Å². The maximum Gasteiger partial charge on any atom is 0.217 e. The predicted molar refractivity (Wildman–Crippen MR) is 72.7 cm³/mol. The summed E-state index contributed by atoms with van der Waals surface area (Å²) >= 11 is 0. The predicted octanol–water partition coefficient (Wildman–Crippen LogP) is 1.62. The van der Waals surface area contributed by atoms with Gasteiger partial charge in [0.05, 0.1) is 6.61 Å². The average molecular weight is 257 g/mol. The molecule has 4 heteroatoms. The lowest BCUT2D eigenvalue weighted by Crippen LogP contribution is -2.33. The highest BCUT2D eigenvalue weighted by molar-refractivity contribution is 5.31. The van der Waals surface area contributed by atoms with Crippen LogP contribution in [0, 0.1) is 23.7 Å². The van der Waals surface area contributed by atoms with Gasteiger partial charge in [-0.25, -0.2) is 9.97 Å². The second kappa shape index (κ2) is 6.03. The van der Waals surface area contributed by atoms with E-state index in [0.29, 0.717) is 17.7 Å². The van der Waals surface area contributed by atoms with Gasteiger partial charge in [-0.15, -0.1) is 0 Å². The smallest absolute Gasteiger partial charge is 0.217 e. The second-order valence-corrected chi connectivity index (χ2v) is 5.31. The van der Waals surface area contributed by atoms with E-state index in [1.807, 2.05) is 6.07 Å². The molecule has 1 unspecified atom stereocenters. The van der Waals surface area contributed by atoms with Gasteiger partial charge in [0, 0.05) is 24.4 Å². The molecule has 1 aliphatic heterocycles. The summed E-state index contributed by atoms with van der Waals surface area (Å²) in [6.07, 6.45) is 6.46. The molecule has 0 bridgehead atoms. The van der Waals surface area contributed by atoms with Crippen LogP contribution in [0.3, 0.4) is 0 Å². The van der Waals surface area contributed by atoms with Crippen LogP contribution < -0.4 is 10.1 Å². The molecule has 2 aliphatic rings. The van der Waals surface area contributed by atoms with Crippen molar-refractivity contribution in [1.82, 2.24) is 15.3 Å².